The number of carboxylic acids is 1. The normalized spacial score (nSPS) is 11.0. The van der Waals surface area contributed by atoms with Crippen LogP contribution in [0.25, 0.3) is 11.0 Å². The van der Waals surface area contributed by atoms with Gasteiger partial charge in [0.25, 0.3) is 0 Å². The van der Waals surface area contributed by atoms with Gasteiger partial charge >= 0.3 is 5.97 Å². The Hall–Kier alpha value is -2.69. The first-order chi connectivity index (χ1) is 10.6. The summed E-state index contributed by atoms with van der Waals surface area (Å²) in [6, 6.07) is 11.2. The van der Waals surface area contributed by atoms with Gasteiger partial charge in [0, 0.05) is 13.0 Å². The smallest absolute Gasteiger partial charge is 0.335 e. The summed E-state index contributed by atoms with van der Waals surface area (Å²) in [5.41, 5.74) is 2.72. The molecule has 0 spiro atoms. The average Bonchev–Trinajstić information content (AvgIpc) is 2.86. The summed E-state index contributed by atoms with van der Waals surface area (Å²) in [5, 5.41) is 9.15. The van der Waals surface area contributed by atoms with Crippen LogP contribution in [0.3, 0.4) is 0 Å². The zero-order valence-corrected chi connectivity index (χ0v) is 12.1. The minimum atomic E-state index is -0.963. The molecule has 22 heavy (non-hydrogen) atoms. The number of aromatic nitrogens is 2. The number of benzene rings is 2. The van der Waals surface area contributed by atoms with E-state index in [0.717, 1.165) is 28.8 Å². The highest BCUT2D eigenvalue weighted by Gasteiger charge is 2.12. The molecule has 5 heteroatoms. The van der Waals surface area contributed by atoms with E-state index < -0.39 is 5.97 Å². The Morgan fingerprint density at radius 1 is 1.23 bits per heavy atom. The van der Waals surface area contributed by atoms with E-state index in [1.54, 1.807) is 30.3 Å². The molecule has 0 bridgehead atoms. The maximum Gasteiger partial charge on any atom is 0.335 e. The van der Waals surface area contributed by atoms with Crippen molar-refractivity contribution in [1.29, 1.82) is 0 Å². The summed E-state index contributed by atoms with van der Waals surface area (Å²) in [7, 11) is 0. The van der Waals surface area contributed by atoms with Crippen molar-refractivity contribution in [3.05, 3.63) is 65.2 Å². The van der Waals surface area contributed by atoms with Crippen molar-refractivity contribution in [2.75, 3.05) is 0 Å². The molecule has 4 nitrogen and oxygen atoms in total. The highest BCUT2D eigenvalue weighted by molar-refractivity contribution is 5.92. The number of hydrogen-bond acceptors (Lipinski definition) is 2. The molecule has 0 aliphatic rings. The second kappa shape index (κ2) is 5.60. The minimum absolute atomic E-state index is 0.232. The van der Waals surface area contributed by atoms with E-state index in [0.29, 0.717) is 6.54 Å². The van der Waals surface area contributed by atoms with Gasteiger partial charge in [0.1, 0.15) is 11.6 Å². The second-order valence-corrected chi connectivity index (χ2v) is 5.10. The van der Waals surface area contributed by atoms with Gasteiger partial charge in [0.15, 0.2) is 0 Å². The van der Waals surface area contributed by atoms with E-state index in [-0.39, 0.29) is 11.4 Å². The van der Waals surface area contributed by atoms with Crippen LogP contribution in [-0.4, -0.2) is 20.6 Å². The third kappa shape index (κ3) is 2.57. The molecule has 3 rings (SSSR count). The number of carboxylic acid groups (broad SMARTS) is 1. The zero-order chi connectivity index (χ0) is 15.7. The number of rotatable bonds is 4. The van der Waals surface area contributed by atoms with E-state index in [2.05, 4.69) is 4.98 Å². The predicted octanol–water partition coefficient (Wildman–Crippen LogP) is 3.48. The molecule has 0 fully saturated rings. The molecular weight excluding hydrogens is 283 g/mol. The van der Waals surface area contributed by atoms with Gasteiger partial charge in [-0.05, 0) is 35.9 Å². The van der Waals surface area contributed by atoms with E-state index >= 15 is 0 Å². The Balaban J connectivity index is 2.10. The molecule has 0 radical (unpaired) electrons. The summed E-state index contributed by atoms with van der Waals surface area (Å²) in [4.78, 5) is 15.7. The van der Waals surface area contributed by atoms with Crippen molar-refractivity contribution in [3.8, 4) is 0 Å². The van der Waals surface area contributed by atoms with Gasteiger partial charge in [-0.2, -0.15) is 0 Å². The van der Waals surface area contributed by atoms with Gasteiger partial charge in [-0.25, -0.2) is 14.2 Å². The molecular formula is C17H15FN2O2. The highest BCUT2D eigenvalue weighted by atomic mass is 19.1. The number of aromatic carboxylic acids is 1. The lowest BCUT2D eigenvalue weighted by Crippen LogP contribution is -2.05. The van der Waals surface area contributed by atoms with Crippen LogP contribution in [-0.2, 0) is 13.0 Å². The van der Waals surface area contributed by atoms with Gasteiger partial charge in [0.2, 0.25) is 0 Å². The third-order valence-corrected chi connectivity index (χ3v) is 3.64. The molecule has 0 amide bonds. The Labute approximate surface area is 126 Å². The van der Waals surface area contributed by atoms with E-state index in [1.165, 1.54) is 12.1 Å². The number of aryl methyl sites for hydroxylation is 1. The monoisotopic (exact) mass is 298 g/mol. The summed E-state index contributed by atoms with van der Waals surface area (Å²) < 4.78 is 15.0. The molecule has 1 aromatic heterocycles. The Morgan fingerprint density at radius 3 is 2.59 bits per heavy atom. The molecule has 1 heterocycles. The van der Waals surface area contributed by atoms with E-state index in [9.17, 15) is 9.18 Å². The molecule has 0 unspecified atom stereocenters. The first-order valence-corrected chi connectivity index (χ1v) is 7.05. The second-order valence-electron chi connectivity index (χ2n) is 5.10. The lowest BCUT2D eigenvalue weighted by molar-refractivity contribution is 0.0697. The van der Waals surface area contributed by atoms with Gasteiger partial charge in [0.05, 0.1) is 16.6 Å². The van der Waals surface area contributed by atoms with Gasteiger partial charge in [-0.15, -0.1) is 0 Å². The van der Waals surface area contributed by atoms with Crippen molar-refractivity contribution < 1.29 is 14.3 Å². The number of hydrogen-bond donors (Lipinski definition) is 1. The van der Waals surface area contributed by atoms with Crippen LogP contribution >= 0.6 is 0 Å². The summed E-state index contributed by atoms with van der Waals surface area (Å²) in [6.45, 7) is 2.53. The fourth-order valence-corrected chi connectivity index (χ4v) is 2.52. The maximum absolute atomic E-state index is 13.0. The maximum atomic E-state index is 13.0. The topological polar surface area (TPSA) is 55.1 Å². The highest BCUT2D eigenvalue weighted by Crippen LogP contribution is 2.20. The standard InChI is InChI=1S/C17H15FN2O2/c1-2-16-19-14-8-5-12(17(21)22)9-15(14)20(16)10-11-3-6-13(18)7-4-11/h3-9H,2,10H2,1H3,(H,21,22). The first-order valence-electron chi connectivity index (χ1n) is 7.05. The number of carbonyl (C=O) groups is 1. The van der Waals surface area contributed by atoms with Crippen LogP contribution in [0.5, 0.6) is 0 Å². The largest absolute Gasteiger partial charge is 0.478 e. The fourth-order valence-electron chi connectivity index (χ4n) is 2.52. The number of nitrogens with zero attached hydrogens (tertiary/aromatic N) is 2. The average molecular weight is 298 g/mol. The SMILES string of the molecule is CCc1nc2ccc(C(=O)O)cc2n1Cc1ccc(F)cc1. The van der Waals surface area contributed by atoms with Crippen molar-refractivity contribution in [3.63, 3.8) is 0 Å². The molecule has 1 N–H and O–H groups in total. The van der Waals surface area contributed by atoms with E-state index in [1.807, 2.05) is 11.5 Å². The van der Waals surface area contributed by atoms with Gasteiger partial charge in [-0.1, -0.05) is 19.1 Å². The number of imidazole rings is 1. The molecule has 0 saturated carbocycles. The van der Waals surface area contributed by atoms with Crippen LogP contribution in [0.1, 0.15) is 28.7 Å². The molecule has 3 aromatic rings. The number of halogens is 1. The quantitative estimate of drug-likeness (QED) is 0.802. The molecule has 0 aliphatic heterocycles. The lowest BCUT2D eigenvalue weighted by Gasteiger charge is -2.08. The molecule has 0 atom stereocenters. The molecule has 112 valence electrons. The number of fused-ring (bicyclic) bond motifs is 1. The zero-order valence-electron chi connectivity index (χ0n) is 12.1. The van der Waals surface area contributed by atoms with Gasteiger partial charge in [-0.3, -0.25) is 0 Å². The van der Waals surface area contributed by atoms with Gasteiger partial charge < -0.3 is 9.67 Å². The molecule has 0 saturated heterocycles. The molecule has 0 aliphatic carbocycles. The summed E-state index contributed by atoms with van der Waals surface area (Å²) in [6.07, 6.45) is 0.734. The first kappa shape index (κ1) is 14.3. The van der Waals surface area contributed by atoms with Crippen molar-refractivity contribution in [2.45, 2.75) is 19.9 Å². The minimum Gasteiger partial charge on any atom is -0.478 e. The molecule has 2 aromatic carbocycles. The summed E-state index contributed by atoms with van der Waals surface area (Å²) >= 11 is 0. The Kier molecular flexibility index (Phi) is 3.63. The Bertz CT molecular complexity index is 838. The van der Waals surface area contributed by atoms with Crippen molar-refractivity contribution >= 4 is 17.0 Å². The fraction of sp³-hybridized carbons (Fsp3) is 0.176. The third-order valence-electron chi connectivity index (χ3n) is 3.64. The van der Waals surface area contributed by atoms with Crippen molar-refractivity contribution in [2.24, 2.45) is 0 Å². The van der Waals surface area contributed by atoms with Crippen LogP contribution in [0, 0.1) is 5.82 Å². The lowest BCUT2D eigenvalue weighted by atomic mass is 10.2. The van der Waals surface area contributed by atoms with Crippen molar-refractivity contribution in [1.82, 2.24) is 9.55 Å². The predicted molar refractivity (Wildman–Crippen MR) is 81.6 cm³/mol. The van der Waals surface area contributed by atoms with Crippen LogP contribution in [0.15, 0.2) is 42.5 Å². The van der Waals surface area contributed by atoms with E-state index in [4.69, 9.17) is 5.11 Å². The van der Waals surface area contributed by atoms with Crippen LogP contribution in [0.4, 0.5) is 4.39 Å². The van der Waals surface area contributed by atoms with Crippen LogP contribution in [0.2, 0.25) is 0 Å². The Morgan fingerprint density at radius 2 is 1.95 bits per heavy atom. The summed E-state index contributed by atoms with van der Waals surface area (Å²) in [5.74, 6) is -0.362. The van der Waals surface area contributed by atoms with Crippen LogP contribution < -0.4 is 0 Å².